The lowest BCUT2D eigenvalue weighted by atomic mass is 9.93. The first-order chi connectivity index (χ1) is 7.88. The first-order valence-corrected chi connectivity index (χ1v) is 6.89. The molecule has 0 unspecified atom stereocenters. The molecular weight excluding hydrogens is 244 g/mol. The van der Waals surface area contributed by atoms with Crippen LogP contribution in [0.5, 0.6) is 0 Å². The molecule has 0 aromatic heterocycles. The summed E-state index contributed by atoms with van der Waals surface area (Å²) in [5.41, 5.74) is 5.36. The highest BCUT2D eigenvalue weighted by Gasteiger charge is 2.56. The number of carbonyl (C=O) groups excluding carboxylic acids is 1. The van der Waals surface area contributed by atoms with E-state index in [0.717, 1.165) is 20.0 Å². The number of hydrogen-bond donors (Lipinski definition) is 1. The van der Waals surface area contributed by atoms with Crippen molar-refractivity contribution in [2.45, 2.75) is 31.2 Å². The number of hydrogen-bond acceptors (Lipinski definition) is 5. The van der Waals surface area contributed by atoms with E-state index in [1.807, 2.05) is 0 Å². The van der Waals surface area contributed by atoms with Crippen LogP contribution in [0.1, 0.15) is 25.7 Å². The number of carbonyl (C=O) groups is 1. The minimum Gasteiger partial charge on any atom is -0.465 e. The summed E-state index contributed by atoms with van der Waals surface area (Å²) in [6.07, 6.45) is 3.15. The predicted octanol–water partition coefficient (Wildman–Crippen LogP) is -0.0823. The van der Waals surface area contributed by atoms with E-state index in [1.54, 1.807) is 0 Å². The lowest BCUT2D eigenvalue weighted by Crippen LogP contribution is -2.45. The molecule has 1 heterocycles. The van der Waals surface area contributed by atoms with Crippen LogP contribution in [0.3, 0.4) is 0 Å². The van der Waals surface area contributed by atoms with E-state index in [9.17, 15) is 13.2 Å². The van der Waals surface area contributed by atoms with Crippen LogP contribution >= 0.6 is 0 Å². The van der Waals surface area contributed by atoms with Crippen molar-refractivity contribution in [3.8, 4) is 0 Å². The largest absolute Gasteiger partial charge is 0.465 e. The lowest BCUT2D eigenvalue weighted by molar-refractivity contribution is -0.135. The molecule has 0 bridgehead atoms. The second kappa shape index (κ2) is 3.71. The molecule has 17 heavy (non-hydrogen) atoms. The number of esters is 1. The van der Waals surface area contributed by atoms with Gasteiger partial charge in [0.2, 0.25) is 0 Å². The van der Waals surface area contributed by atoms with Crippen LogP contribution < -0.4 is 5.73 Å². The third kappa shape index (κ3) is 1.42. The quantitative estimate of drug-likeness (QED) is 0.666. The van der Waals surface area contributed by atoms with E-state index in [0.29, 0.717) is 12.8 Å². The predicted molar refractivity (Wildman–Crippen MR) is 61.1 cm³/mol. The van der Waals surface area contributed by atoms with Gasteiger partial charge in [0.1, 0.15) is 0 Å². The zero-order valence-electron chi connectivity index (χ0n) is 9.89. The molecule has 2 aliphatic rings. The summed E-state index contributed by atoms with van der Waals surface area (Å²) in [6.45, 7) is 0. The summed E-state index contributed by atoms with van der Waals surface area (Å²) in [7, 11) is -1.18. The molecule has 0 radical (unpaired) electrons. The normalized spacial score (nSPS) is 26.7. The van der Waals surface area contributed by atoms with E-state index in [1.165, 1.54) is 11.4 Å². The van der Waals surface area contributed by atoms with Crippen LogP contribution in [0.2, 0.25) is 0 Å². The van der Waals surface area contributed by atoms with Gasteiger partial charge in [-0.1, -0.05) is 12.8 Å². The first kappa shape index (κ1) is 12.4. The molecule has 0 saturated heterocycles. The van der Waals surface area contributed by atoms with Gasteiger partial charge in [0, 0.05) is 7.05 Å². The van der Waals surface area contributed by atoms with Crippen molar-refractivity contribution in [1.29, 1.82) is 0 Å². The molecule has 0 atom stereocenters. The molecule has 6 nitrogen and oxygen atoms in total. The Bertz CT molecular complexity index is 488. The Hall–Kier alpha value is -1.08. The maximum Gasteiger partial charge on any atom is 0.352 e. The monoisotopic (exact) mass is 260 g/mol. The minimum absolute atomic E-state index is 0.143. The number of methoxy groups -OCH3 is 1. The molecule has 2 rings (SSSR count). The summed E-state index contributed by atoms with van der Waals surface area (Å²) in [5.74, 6) is -0.877. The smallest absolute Gasteiger partial charge is 0.352 e. The van der Waals surface area contributed by atoms with Crippen molar-refractivity contribution >= 4 is 16.0 Å². The van der Waals surface area contributed by atoms with Crippen LogP contribution in [0, 0.1) is 0 Å². The fourth-order valence-corrected chi connectivity index (χ4v) is 4.52. The van der Waals surface area contributed by atoms with Gasteiger partial charge in [0.05, 0.1) is 18.3 Å². The number of nitrogens with zero attached hydrogens (tertiary/aromatic N) is 1. The average Bonchev–Trinajstić information content (AvgIpc) is 2.81. The summed E-state index contributed by atoms with van der Waals surface area (Å²) < 4.78 is 30.0. The van der Waals surface area contributed by atoms with Crippen molar-refractivity contribution in [2.75, 3.05) is 14.2 Å². The highest BCUT2D eigenvalue weighted by atomic mass is 32.2. The Morgan fingerprint density at radius 1 is 1.41 bits per heavy atom. The number of likely N-dealkylation sites (N-methyl/N-ethyl adjacent to an activating group) is 1. The Kier molecular flexibility index (Phi) is 2.70. The maximum absolute atomic E-state index is 12.2. The standard InChI is InChI=1S/C10H16N2O4S/c1-12-10(5-3-4-6-10)8(11)7(9(13)16-2)17(12,14)15/h3-6,11H2,1-2H3. The highest BCUT2D eigenvalue weighted by Crippen LogP contribution is 2.47. The Morgan fingerprint density at radius 2 is 1.94 bits per heavy atom. The summed E-state index contributed by atoms with van der Waals surface area (Å²) in [4.78, 5) is 11.2. The van der Waals surface area contributed by atoms with Gasteiger partial charge in [-0.3, -0.25) is 0 Å². The second-order valence-electron chi connectivity index (χ2n) is 4.45. The van der Waals surface area contributed by atoms with Gasteiger partial charge in [-0.15, -0.1) is 0 Å². The highest BCUT2D eigenvalue weighted by molar-refractivity contribution is 7.94. The van der Waals surface area contributed by atoms with Crippen molar-refractivity contribution in [3.05, 3.63) is 10.6 Å². The molecule has 0 aromatic rings. The molecule has 1 spiro atoms. The van der Waals surface area contributed by atoms with Gasteiger partial charge in [-0.25, -0.2) is 13.2 Å². The van der Waals surface area contributed by atoms with E-state index < -0.39 is 21.5 Å². The minimum atomic E-state index is -3.80. The van der Waals surface area contributed by atoms with Crippen LogP contribution in [-0.2, 0) is 19.6 Å². The SMILES string of the molecule is COC(=O)C1=C(N)C2(CCCC2)N(C)S1(=O)=O. The van der Waals surface area contributed by atoms with Crippen molar-refractivity contribution in [1.82, 2.24) is 4.31 Å². The summed E-state index contributed by atoms with van der Waals surface area (Å²) in [5, 5.41) is 0. The number of ether oxygens (including phenoxy) is 1. The fraction of sp³-hybridized carbons (Fsp3) is 0.700. The molecule has 1 saturated carbocycles. The van der Waals surface area contributed by atoms with Crippen molar-refractivity contribution in [3.63, 3.8) is 0 Å². The number of sulfonamides is 1. The van der Waals surface area contributed by atoms with Crippen molar-refractivity contribution < 1.29 is 17.9 Å². The average molecular weight is 260 g/mol. The van der Waals surface area contributed by atoms with Gasteiger partial charge >= 0.3 is 5.97 Å². The van der Waals surface area contributed by atoms with Gasteiger partial charge in [0.15, 0.2) is 4.91 Å². The summed E-state index contributed by atoms with van der Waals surface area (Å²) >= 11 is 0. The zero-order valence-corrected chi connectivity index (χ0v) is 10.7. The molecule has 1 fully saturated rings. The van der Waals surface area contributed by atoms with Gasteiger partial charge < -0.3 is 10.5 Å². The third-order valence-electron chi connectivity index (χ3n) is 3.77. The van der Waals surface area contributed by atoms with Crippen LogP contribution in [0.25, 0.3) is 0 Å². The van der Waals surface area contributed by atoms with Crippen molar-refractivity contribution in [2.24, 2.45) is 5.73 Å². The number of nitrogens with two attached hydrogens (primary N) is 1. The third-order valence-corrected chi connectivity index (χ3v) is 5.74. The molecule has 96 valence electrons. The van der Waals surface area contributed by atoms with Gasteiger partial charge in [-0.05, 0) is 12.8 Å². The Balaban J connectivity index is 2.62. The van der Waals surface area contributed by atoms with E-state index >= 15 is 0 Å². The molecular formula is C10H16N2O4S. The zero-order chi connectivity index (χ0) is 12.8. The second-order valence-corrected chi connectivity index (χ2v) is 6.35. The van der Waals surface area contributed by atoms with Crippen LogP contribution in [0.4, 0.5) is 0 Å². The van der Waals surface area contributed by atoms with Gasteiger partial charge in [-0.2, -0.15) is 4.31 Å². The maximum atomic E-state index is 12.2. The fourth-order valence-electron chi connectivity index (χ4n) is 2.74. The van der Waals surface area contributed by atoms with Crippen LogP contribution in [0.15, 0.2) is 10.6 Å². The van der Waals surface area contributed by atoms with Crippen LogP contribution in [-0.4, -0.2) is 38.4 Å². The topological polar surface area (TPSA) is 89.7 Å². The molecule has 0 aromatic carbocycles. The number of rotatable bonds is 1. The van der Waals surface area contributed by atoms with Gasteiger partial charge in [0.25, 0.3) is 10.0 Å². The first-order valence-electron chi connectivity index (χ1n) is 5.45. The molecule has 1 aliphatic heterocycles. The Morgan fingerprint density at radius 3 is 2.41 bits per heavy atom. The molecule has 7 heteroatoms. The lowest BCUT2D eigenvalue weighted by Gasteiger charge is -2.31. The molecule has 2 N–H and O–H groups in total. The summed E-state index contributed by atoms with van der Waals surface area (Å²) in [6, 6.07) is 0. The van der Waals surface area contributed by atoms with E-state index in [-0.39, 0.29) is 10.6 Å². The van der Waals surface area contributed by atoms with E-state index in [2.05, 4.69) is 4.74 Å². The van der Waals surface area contributed by atoms with E-state index in [4.69, 9.17) is 5.73 Å². The molecule has 0 amide bonds. The Labute approximate surface area is 100 Å². The molecule has 1 aliphatic carbocycles.